The number of aromatic nitrogens is 4. The molecular formula is C27H32F3N7O. The van der Waals surface area contributed by atoms with Crippen LogP contribution in [0.25, 0.3) is 22.4 Å². The zero-order valence-electron chi connectivity index (χ0n) is 21.5. The van der Waals surface area contributed by atoms with E-state index in [4.69, 9.17) is 4.74 Å². The van der Waals surface area contributed by atoms with E-state index in [-0.39, 0.29) is 29.4 Å². The maximum Gasteiger partial charge on any atom is 0.419 e. The SMILES string of the molecule is Cn1cnc2c(-c3ccc(OCCC4CCN(CCN5CCCC5)CC4)c(C(F)(F)F)c3)nc(C#N)nc21. The molecule has 8 nitrogen and oxygen atoms in total. The zero-order valence-corrected chi connectivity index (χ0v) is 21.5. The second-order valence-corrected chi connectivity index (χ2v) is 10.2. The summed E-state index contributed by atoms with van der Waals surface area (Å²) in [6, 6.07) is 5.75. The van der Waals surface area contributed by atoms with Crippen LogP contribution in [0.2, 0.25) is 0 Å². The van der Waals surface area contributed by atoms with Gasteiger partial charge < -0.3 is 19.1 Å². The maximum atomic E-state index is 14.0. The Balaban J connectivity index is 1.23. The van der Waals surface area contributed by atoms with E-state index in [1.54, 1.807) is 11.6 Å². The van der Waals surface area contributed by atoms with Gasteiger partial charge in [0, 0.05) is 25.7 Å². The van der Waals surface area contributed by atoms with Gasteiger partial charge in [0.15, 0.2) is 5.65 Å². The summed E-state index contributed by atoms with van der Waals surface area (Å²) >= 11 is 0. The minimum atomic E-state index is -4.61. The maximum absolute atomic E-state index is 14.0. The molecule has 38 heavy (non-hydrogen) atoms. The lowest BCUT2D eigenvalue weighted by Gasteiger charge is -2.33. The highest BCUT2D eigenvalue weighted by Gasteiger charge is 2.35. The highest BCUT2D eigenvalue weighted by Crippen LogP contribution is 2.39. The summed E-state index contributed by atoms with van der Waals surface area (Å²) in [6.07, 6.45) is 2.30. The second-order valence-electron chi connectivity index (χ2n) is 10.2. The number of aryl methyl sites for hydroxylation is 1. The molecule has 3 aromatic rings. The summed E-state index contributed by atoms with van der Waals surface area (Å²) in [6.45, 7) is 6.95. The standard InChI is InChI=1S/C27H32F3N7O/c1-35-18-32-25-24(33-23(17-31)34-26(25)35)20-4-5-22(21(16-20)27(28,29)30)38-15-8-19-6-11-37(12-7-19)14-13-36-9-2-3-10-36/h4-5,16,18-19H,2-3,6-15H2,1H3. The van der Waals surface area contributed by atoms with Crippen molar-refractivity contribution >= 4 is 11.2 Å². The fourth-order valence-electron chi connectivity index (χ4n) is 5.41. The normalized spacial score (nSPS) is 17.8. The molecule has 202 valence electrons. The Morgan fingerprint density at radius 3 is 2.45 bits per heavy atom. The van der Waals surface area contributed by atoms with Gasteiger partial charge in [0.05, 0.1) is 18.5 Å². The molecule has 2 aliphatic rings. The first-order valence-corrected chi connectivity index (χ1v) is 13.2. The predicted octanol–water partition coefficient (Wildman–Crippen LogP) is 4.50. The van der Waals surface area contributed by atoms with Crippen molar-refractivity contribution < 1.29 is 17.9 Å². The summed E-state index contributed by atoms with van der Waals surface area (Å²) in [5.41, 5.74) is 0.227. The monoisotopic (exact) mass is 527 g/mol. The van der Waals surface area contributed by atoms with Crippen LogP contribution in [0.3, 0.4) is 0 Å². The minimum absolute atomic E-state index is 0.132. The summed E-state index contributed by atoms with van der Waals surface area (Å²) in [5, 5.41) is 9.31. The van der Waals surface area contributed by atoms with Gasteiger partial charge in [-0.3, -0.25) is 0 Å². The van der Waals surface area contributed by atoms with E-state index in [1.807, 2.05) is 6.07 Å². The number of halogens is 3. The predicted molar refractivity (Wildman–Crippen MR) is 136 cm³/mol. The van der Waals surface area contributed by atoms with Gasteiger partial charge >= 0.3 is 6.18 Å². The van der Waals surface area contributed by atoms with E-state index in [9.17, 15) is 18.4 Å². The number of alkyl halides is 3. The molecule has 0 N–H and O–H groups in total. The van der Waals surface area contributed by atoms with Crippen molar-refractivity contribution in [3.05, 3.63) is 35.9 Å². The van der Waals surface area contributed by atoms with Gasteiger partial charge in [-0.2, -0.15) is 23.4 Å². The van der Waals surface area contributed by atoms with Crippen LogP contribution in [-0.2, 0) is 13.2 Å². The lowest BCUT2D eigenvalue weighted by atomic mass is 9.94. The molecule has 0 saturated carbocycles. The Morgan fingerprint density at radius 1 is 1.05 bits per heavy atom. The number of ether oxygens (including phenoxy) is 1. The van der Waals surface area contributed by atoms with E-state index < -0.39 is 11.7 Å². The van der Waals surface area contributed by atoms with Crippen molar-refractivity contribution in [2.24, 2.45) is 13.0 Å². The van der Waals surface area contributed by atoms with Crippen molar-refractivity contribution in [1.82, 2.24) is 29.3 Å². The third-order valence-electron chi connectivity index (χ3n) is 7.64. The van der Waals surface area contributed by atoms with Gasteiger partial charge in [0.1, 0.15) is 23.0 Å². The van der Waals surface area contributed by atoms with E-state index >= 15 is 0 Å². The molecule has 2 saturated heterocycles. The van der Waals surface area contributed by atoms with E-state index in [2.05, 4.69) is 24.8 Å². The summed E-state index contributed by atoms with van der Waals surface area (Å²) in [5.74, 6) is 0.123. The number of benzene rings is 1. The number of rotatable bonds is 8. The van der Waals surface area contributed by atoms with Gasteiger partial charge in [0.25, 0.3) is 0 Å². The molecule has 1 aromatic carbocycles. The van der Waals surface area contributed by atoms with E-state index in [0.29, 0.717) is 17.1 Å². The van der Waals surface area contributed by atoms with Crippen LogP contribution < -0.4 is 4.74 Å². The number of fused-ring (bicyclic) bond motifs is 1. The third kappa shape index (κ3) is 5.92. The molecule has 5 rings (SSSR count). The highest BCUT2D eigenvalue weighted by atomic mass is 19.4. The first-order valence-electron chi connectivity index (χ1n) is 13.2. The largest absolute Gasteiger partial charge is 0.493 e. The Labute approximate surface area is 220 Å². The van der Waals surface area contributed by atoms with Gasteiger partial charge in [-0.25, -0.2) is 9.97 Å². The topological polar surface area (TPSA) is 83.1 Å². The van der Waals surface area contributed by atoms with Gasteiger partial charge in [-0.05, 0) is 82.4 Å². The number of nitriles is 1. The number of hydrogen-bond donors (Lipinski definition) is 0. The van der Waals surface area contributed by atoms with E-state index in [1.165, 1.54) is 44.4 Å². The van der Waals surface area contributed by atoms with Gasteiger partial charge in [-0.1, -0.05) is 0 Å². The quantitative estimate of drug-likeness (QED) is 0.427. The first-order chi connectivity index (χ1) is 18.3. The van der Waals surface area contributed by atoms with Crippen LogP contribution in [0.1, 0.15) is 43.5 Å². The van der Waals surface area contributed by atoms with Crippen LogP contribution in [-0.4, -0.2) is 75.2 Å². The molecule has 0 atom stereocenters. The van der Waals surface area contributed by atoms with Crippen LogP contribution >= 0.6 is 0 Å². The van der Waals surface area contributed by atoms with Crippen molar-refractivity contribution in [2.75, 3.05) is 45.9 Å². The second kappa shape index (κ2) is 11.3. The number of hydrogen-bond acceptors (Lipinski definition) is 7. The Hall–Kier alpha value is -3.23. The molecule has 4 heterocycles. The average molecular weight is 528 g/mol. The van der Waals surface area contributed by atoms with Crippen LogP contribution in [0, 0.1) is 17.2 Å². The Kier molecular flexibility index (Phi) is 7.81. The van der Waals surface area contributed by atoms with Crippen LogP contribution in [0.5, 0.6) is 5.75 Å². The molecule has 0 bridgehead atoms. The molecule has 0 amide bonds. The van der Waals surface area contributed by atoms with E-state index in [0.717, 1.165) is 51.5 Å². The summed E-state index contributed by atoms with van der Waals surface area (Å²) < 4.78 is 49.4. The minimum Gasteiger partial charge on any atom is -0.493 e. The lowest BCUT2D eigenvalue weighted by Crippen LogP contribution is -2.39. The molecular weight excluding hydrogens is 495 g/mol. The van der Waals surface area contributed by atoms with Crippen molar-refractivity contribution in [2.45, 2.75) is 38.3 Å². The van der Waals surface area contributed by atoms with Crippen LogP contribution in [0.15, 0.2) is 24.5 Å². The molecule has 2 aromatic heterocycles. The summed E-state index contributed by atoms with van der Waals surface area (Å²) in [7, 11) is 1.70. The number of piperidine rings is 1. The summed E-state index contributed by atoms with van der Waals surface area (Å²) in [4.78, 5) is 17.5. The number of likely N-dealkylation sites (tertiary alicyclic amines) is 2. The molecule has 2 fully saturated rings. The molecule has 2 aliphatic heterocycles. The number of imidazole rings is 1. The zero-order chi connectivity index (χ0) is 26.7. The first kappa shape index (κ1) is 26.4. The van der Waals surface area contributed by atoms with Crippen molar-refractivity contribution in [3.8, 4) is 23.1 Å². The molecule has 11 heteroatoms. The van der Waals surface area contributed by atoms with Crippen LogP contribution in [0.4, 0.5) is 13.2 Å². The fourth-order valence-corrected chi connectivity index (χ4v) is 5.41. The molecule has 0 radical (unpaired) electrons. The molecule has 0 spiro atoms. The third-order valence-corrected chi connectivity index (χ3v) is 7.64. The average Bonchev–Trinajstić information content (AvgIpc) is 3.57. The Morgan fingerprint density at radius 2 is 1.76 bits per heavy atom. The lowest BCUT2D eigenvalue weighted by molar-refractivity contribution is -0.138. The fraction of sp³-hybridized carbons (Fsp3) is 0.556. The highest BCUT2D eigenvalue weighted by molar-refractivity contribution is 5.88. The van der Waals surface area contributed by atoms with Gasteiger partial charge in [0.2, 0.25) is 5.82 Å². The van der Waals surface area contributed by atoms with Gasteiger partial charge in [-0.15, -0.1) is 0 Å². The smallest absolute Gasteiger partial charge is 0.419 e. The number of nitrogens with zero attached hydrogens (tertiary/aromatic N) is 7. The molecule has 0 aliphatic carbocycles. The Bertz CT molecular complexity index is 1300. The molecule has 0 unspecified atom stereocenters. The van der Waals surface area contributed by atoms with Crippen molar-refractivity contribution in [3.63, 3.8) is 0 Å². The van der Waals surface area contributed by atoms with Crippen molar-refractivity contribution in [1.29, 1.82) is 5.26 Å².